The number of carbonyl (C=O) groups is 3. The average Bonchev–Trinajstić information content (AvgIpc) is 3.00. The average molecular weight is 652 g/mol. The van der Waals surface area contributed by atoms with Crippen LogP contribution in [0, 0.1) is 11.7 Å². The van der Waals surface area contributed by atoms with E-state index in [9.17, 15) is 45.1 Å². The van der Waals surface area contributed by atoms with E-state index in [1.165, 1.54) is 41.0 Å². The lowest BCUT2D eigenvalue weighted by Crippen LogP contribution is -2.73. The number of halogens is 7. The Balaban J connectivity index is 1.44. The van der Waals surface area contributed by atoms with E-state index < -0.39 is 77.5 Å². The Kier molecular flexibility index (Phi) is 9.00. The van der Waals surface area contributed by atoms with Gasteiger partial charge in [0.2, 0.25) is 11.8 Å². The first kappa shape index (κ1) is 32.8. The van der Waals surface area contributed by atoms with Crippen molar-refractivity contribution in [1.29, 1.82) is 0 Å². The highest BCUT2D eigenvalue weighted by Gasteiger charge is 2.51. The molecule has 0 N–H and O–H groups in total. The summed E-state index contributed by atoms with van der Waals surface area (Å²) < 4.78 is 99.0. The van der Waals surface area contributed by atoms with Crippen LogP contribution < -0.4 is 0 Å². The van der Waals surface area contributed by atoms with Crippen molar-refractivity contribution in [2.75, 3.05) is 13.1 Å². The van der Waals surface area contributed by atoms with Gasteiger partial charge < -0.3 is 14.5 Å². The lowest BCUT2D eigenvalue weighted by atomic mass is 9.94. The molecule has 2 aliphatic rings. The van der Waals surface area contributed by atoms with Crippen LogP contribution in [-0.4, -0.2) is 57.9 Å². The van der Waals surface area contributed by atoms with Gasteiger partial charge in [0.05, 0.1) is 23.6 Å². The van der Waals surface area contributed by atoms with Gasteiger partial charge in [-0.15, -0.1) is 0 Å². The Morgan fingerprint density at radius 3 is 2.00 bits per heavy atom. The summed E-state index contributed by atoms with van der Waals surface area (Å²) in [7, 11) is 0. The molecule has 244 valence electrons. The first-order chi connectivity index (χ1) is 21.6. The quantitative estimate of drug-likeness (QED) is 0.295. The summed E-state index contributed by atoms with van der Waals surface area (Å²) in [4.78, 5) is 44.8. The Labute approximate surface area is 259 Å². The monoisotopic (exact) mass is 651 g/mol. The molecule has 0 bridgehead atoms. The summed E-state index contributed by atoms with van der Waals surface area (Å²) in [6.45, 7) is 0.427. The minimum absolute atomic E-state index is 0.00724. The molecule has 2 heterocycles. The standard InChI is InChI=1S/C32H28F7N3O4/c1-19-15-41(30(45)46-18-22-11-23(31(34,35)36)14-24(12-22)32(37,38)39)27-17-40(16-21-5-3-2-4-6-21)29(44)26(42(27)28(19)43)13-20-7-9-25(33)10-8-20/h2-12,14,19,26-27H,13,15-18H2,1H3/t19-,26-,27+/m0/s1. The molecule has 0 aromatic heterocycles. The van der Waals surface area contributed by atoms with Crippen molar-refractivity contribution in [3.63, 3.8) is 0 Å². The fraction of sp³-hybridized carbons (Fsp3) is 0.344. The van der Waals surface area contributed by atoms with Gasteiger partial charge in [-0.1, -0.05) is 49.4 Å². The van der Waals surface area contributed by atoms with Crippen molar-refractivity contribution in [3.8, 4) is 0 Å². The zero-order valence-corrected chi connectivity index (χ0v) is 24.3. The maximum atomic E-state index is 13.9. The van der Waals surface area contributed by atoms with Gasteiger partial charge in [0, 0.05) is 19.5 Å². The van der Waals surface area contributed by atoms with Crippen molar-refractivity contribution < 1.29 is 49.9 Å². The second-order valence-corrected chi connectivity index (χ2v) is 11.3. The molecule has 0 saturated carbocycles. The smallest absolute Gasteiger partial charge is 0.416 e. The fourth-order valence-corrected chi connectivity index (χ4v) is 5.71. The summed E-state index contributed by atoms with van der Waals surface area (Å²) >= 11 is 0. The summed E-state index contributed by atoms with van der Waals surface area (Å²) in [5, 5.41) is 0. The van der Waals surface area contributed by atoms with Crippen molar-refractivity contribution in [2.24, 2.45) is 5.92 Å². The van der Waals surface area contributed by atoms with E-state index in [2.05, 4.69) is 0 Å². The van der Waals surface area contributed by atoms with Crippen LogP contribution in [0.25, 0.3) is 0 Å². The highest BCUT2D eigenvalue weighted by molar-refractivity contribution is 5.91. The minimum Gasteiger partial charge on any atom is -0.444 e. The van der Waals surface area contributed by atoms with E-state index in [1.54, 1.807) is 30.3 Å². The van der Waals surface area contributed by atoms with Crippen LogP contribution in [0.4, 0.5) is 35.5 Å². The van der Waals surface area contributed by atoms with Gasteiger partial charge in [-0.25, -0.2) is 9.18 Å². The van der Waals surface area contributed by atoms with E-state index in [0.717, 1.165) is 10.5 Å². The Morgan fingerprint density at radius 2 is 1.41 bits per heavy atom. The number of nitrogens with zero attached hydrogens (tertiary/aromatic N) is 3. The number of amides is 3. The third-order valence-electron chi connectivity index (χ3n) is 7.95. The van der Waals surface area contributed by atoms with E-state index in [0.29, 0.717) is 17.7 Å². The molecule has 0 spiro atoms. The third kappa shape index (κ3) is 7.10. The number of rotatable bonds is 6. The highest BCUT2D eigenvalue weighted by atomic mass is 19.4. The van der Waals surface area contributed by atoms with E-state index in [1.807, 2.05) is 0 Å². The molecule has 5 rings (SSSR count). The second kappa shape index (κ2) is 12.6. The fourth-order valence-electron chi connectivity index (χ4n) is 5.71. The summed E-state index contributed by atoms with van der Waals surface area (Å²) in [6, 6.07) is 14.1. The molecule has 2 aliphatic heterocycles. The van der Waals surface area contributed by atoms with Gasteiger partial charge in [0.15, 0.2) is 0 Å². The molecule has 3 amide bonds. The number of benzene rings is 3. The first-order valence-corrected chi connectivity index (χ1v) is 14.2. The number of carbonyl (C=O) groups excluding carboxylic acids is 3. The largest absolute Gasteiger partial charge is 0.444 e. The zero-order valence-electron chi connectivity index (χ0n) is 24.3. The maximum Gasteiger partial charge on any atom is 0.416 e. The van der Waals surface area contributed by atoms with E-state index >= 15 is 0 Å². The predicted molar refractivity (Wildman–Crippen MR) is 149 cm³/mol. The molecule has 0 aliphatic carbocycles. The van der Waals surface area contributed by atoms with Crippen LogP contribution in [-0.2, 0) is 46.3 Å². The molecule has 46 heavy (non-hydrogen) atoms. The predicted octanol–water partition coefficient (Wildman–Crippen LogP) is 6.26. The first-order valence-electron chi connectivity index (χ1n) is 14.2. The molecular formula is C32H28F7N3O4. The molecule has 7 nitrogen and oxygen atoms in total. The van der Waals surface area contributed by atoms with Crippen LogP contribution in [0.1, 0.15) is 34.7 Å². The zero-order chi connectivity index (χ0) is 33.4. The molecule has 2 fully saturated rings. The maximum absolute atomic E-state index is 13.9. The third-order valence-corrected chi connectivity index (χ3v) is 7.95. The van der Waals surface area contributed by atoms with Crippen LogP contribution in [0.5, 0.6) is 0 Å². The van der Waals surface area contributed by atoms with Crippen molar-refractivity contribution in [2.45, 2.75) is 51.1 Å². The summed E-state index contributed by atoms with van der Waals surface area (Å²) in [6.07, 6.45) is -12.3. The molecule has 14 heteroatoms. The molecule has 3 atom stereocenters. The van der Waals surface area contributed by atoms with Crippen LogP contribution in [0.2, 0.25) is 0 Å². The molecule has 0 unspecified atom stereocenters. The van der Waals surface area contributed by atoms with Gasteiger partial charge in [0.25, 0.3) is 0 Å². The van der Waals surface area contributed by atoms with Gasteiger partial charge in [-0.2, -0.15) is 26.3 Å². The topological polar surface area (TPSA) is 70.2 Å². The number of ether oxygens (including phenoxy) is 1. The molecule has 3 aromatic carbocycles. The van der Waals surface area contributed by atoms with Gasteiger partial charge >= 0.3 is 18.4 Å². The molecule has 2 saturated heterocycles. The lowest BCUT2D eigenvalue weighted by Gasteiger charge is -2.53. The second-order valence-electron chi connectivity index (χ2n) is 11.3. The van der Waals surface area contributed by atoms with Crippen molar-refractivity contribution in [3.05, 3.63) is 106 Å². The van der Waals surface area contributed by atoms with Crippen LogP contribution >= 0.6 is 0 Å². The molecule has 3 aromatic rings. The van der Waals surface area contributed by atoms with Crippen LogP contribution in [0.3, 0.4) is 0 Å². The summed E-state index contributed by atoms with van der Waals surface area (Å²) in [5.41, 5.74) is -2.33. The normalized spacial score (nSPS) is 20.5. The minimum atomic E-state index is -5.08. The Bertz CT molecular complexity index is 1560. The molecular weight excluding hydrogens is 623 g/mol. The Morgan fingerprint density at radius 1 is 0.804 bits per heavy atom. The van der Waals surface area contributed by atoms with Gasteiger partial charge in [0.1, 0.15) is 24.6 Å². The molecule has 0 radical (unpaired) electrons. The number of alkyl halides is 6. The van der Waals surface area contributed by atoms with Crippen LogP contribution in [0.15, 0.2) is 72.8 Å². The number of fused-ring (bicyclic) bond motifs is 1. The Hall–Kier alpha value is -4.62. The van der Waals surface area contributed by atoms with E-state index in [-0.39, 0.29) is 32.1 Å². The van der Waals surface area contributed by atoms with Crippen molar-refractivity contribution in [1.82, 2.24) is 14.7 Å². The SMILES string of the molecule is C[C@H]1CN(C(=O)OCc2cc(C(F)(F)F)cc(C(F)(F)F)c2)[C@H]2CN(Cc3ccccc3)C(=O)[C@H](Cc3ccc(F)cc3)N2C1=O. The number of hydrogen-bond acceptors (Lipinski definition) is 4. The van der Waals surface area contributed by atoms with Crippen molar-refractivity contribution >= 4 is 17.9 Å². The number of hydrogen-bond donors (Lipinski definition) is 0. The van der Waals surface area contributed by atoms with E-state index in [4.69, 9.17) is 4.74 Å². The summed E-state index contributed by atoms with van der Waals surface area (Å²) in [5.74, 6) is -2.16. The van der Waals surface area contributed by atoms with Gasteiger partial charge in [-0.3, -0.25) is 14.5 Å². The van der Waals surface area contributed by atoms with Gasteiger partial charge in [-0.05, 0) is 47.0 Å². The highest BCUT2D eigenvalue weighted by Crippen LogP contribution is 2.37. The number of piperazine rings is 1. The lowest BCUT2D eigenvalue weighted by molar-refractivity contribution is -0.172.